The lowest BCUT2D eigenvalue weighted by atomic mass is 10.1. The van der Waals surface area contributed by atoms with Crippen LogP contribution in [0.15, 0.2) is 40.0 Å². The average Bonchev–Trinajstić information content (AvgIpc) is 2.77. The number of anilines is 1. The standard InChI is InChI=1S/C11H7FN4O2S2/c12-8-4-7(20(17)18)1-2-9(8)15-16-10-3-6(5-13)11(14)19-10/h1-3H,4,14H2. The van der Waals surface area contributed by atoms with E-state index in [4.69, 9.17) is 11.0 Å². The molecule has 0 amide bonds. The van der Waals surface area contributed by atoms with Gasteiger partial charge < -0.3 is 5.73 Å². The van der Waals surface area contributed by atoms with Crippen LogP contribution < -0.4 is 5.73 Å². The SMILES string of the molecule is N#Cc1cc(N=NC2=C(F)CC(=S(=O)=O)C=C2)sc1N. The van der Waals surface area contributed by atoms with Crippen LogP contribution in [-0.4, -0.2) is 13.3 Å². The summed E-state index contributed by atoms with van der Waals surface area (Å²) in [5, 5.41) is 16.9. The van der Waals surface area contributed by atoms with E-state index in [0.717, 1.165) is 11.3 Å². The van der Waals surface area contributed by atoms with Crippen molar-refractivity contribution in [2.75, 3.05) is 5.73 Å². The molecule has 1 aliphatic carbocycles. The second-order valence-corrected chi connectivity index (χ2v) is 5.73. The van der Waals surface area contributed by atoms with Crippen LogP contribution in [-0.2, 0) is 10.3 Å². The first kappa shape index (κ1) is 14.1. The molecular weight excluding hydrogens is 303 g/mol. The van der Waals surface area contributed by atoms with E-state index in [1.54, 1.807) is 0 Å². The van der Waals surface area contributed by atoms with E-state index in [2.05, 4.69) is 10.2 Å². The highest BCUT2D eigenvalue weighted by Crippen LogP contribution is 2.32. The topological polar surface area (TPSA) is 109 Å². The summed E-state index contributed by atoms with van der Waals surface area (Å²) in [6, 6.07) is 3.34. The molecule has 0 atom stereocenters. The molecule has 2 rings (SSSR count). The van der Waals surface area contributed by atoms with E-state index in [-0.39, 0.29) is 22.5 Å². The zero-order chi connectivity index (χ0) is 14.7. The van der Waals surface area contributed by atoms with E-state index in [0.29, 0.717) is 10.0 Å². The van der Waals surface area contributed by atoms with Crippen molar-refractivity contribution < 1.29 is 12.8 Å². The molecule has 0 aromatic carbocycles. The largest absolute Gasteiger partial charge is 0.389 e. The summed E-state index contributed by atoms with van der Waals surface area (Å²) in [7, 11) is -2.45. The van der Waals surface area contributed by atoms with E-state index in [9.17, 15) is 12.8 Å². The lowest BCUT2D eigenvalue weighted by Crippen LogP contribution is -2.01. The zero-order valence-electron chi connectivity index (χ0n) is 9.87. The molecule has 0 unspecified atom stereocenters. The molecule has 1 aromatic heterocycles. The Hall–Kier alpha value is -2.31. The number of nitrogens with two attached hydrogens (primary N) is 1. The molecule has 0 fully saturated rings. The number of rotatable bonds is 2. The summed E-state index contributed by atoms with van der Waals surface area (Å²) in [5.74, 6) is -0.680. The summed E-state index contributed by atoms with van der Waals surface area (Å²) in [6.07, 6.45) is 2.16. The van der Waals surface area contributed by atoms with Gasteiger partial charge in [-0.1, -0.05) is 11.3 Å². The lowest BCUT2D eigenvalue weighted by Gasteiger charge is -2.03. The second kappa shape index (κ2) is 5.77. The van der Waals surface area contributed by atoms with Gasteiger partial charge in [-0.15, -0.1) is 10.2 Å². The second-order valence-electron chi connectivity index (χ2n) is 3.68. The number of nitriles is 1. The highest BCUT2D eigenvalue weighted by atomic mass is 32.2. The molecule has 9 heteroatoms. The maximum Gasteiger partial charge on any atom is 0.217 e. The van der Waals surface area contributed by atoms with Crippen molar-refractivity contribution in [3.8, 4) is 6.07 Å². The summed E-state index contributed by atoms with van der Waals surface area (Å²) < 4.78 is 35.0. The minimum Gasteiger partial charge on any atom is -0.389 e. The highest BCUT2D eigenvalue weighted by molar-refractivity contribution is 7.73. The Bertz CT molecular complexity index is 817. The molecule has 1 aliphatic rings. The third-order valence-corrected chi connectivity index (χ3v) is 3.93. The number of hydrogen-bond donors (Lipinski definition) is 1. The van der Waals surface area contributed by atoms with Gasteiger partial charge >= 0.3 is 0 Å². The molecule has 1 aromatic rings. The molecule has 20 heavy (non-hydrogen) atoms. The fourth-order valence-corrected chi connectivity index (χ4v) is 2.52. The Balaban J connectivity index is 2.25. The maximum absolute atomic E-state index is 13.6. The normalized spacial score (nSPS) is 14.9. The smallest absolute Gasteiger partial charge is 0.217 e. The van der Waals surface area contributed by atoms with Gasteiger partial charge in [-0.3, -0.25) is 0 Å². The number of halogens is 1. The van der Waals surface area contributed by atoms with Crippen molar-refractivity contribution in [2.24, 2.45) is 10.2 Å². The Morgan fingerprint density at radius 3 is 2.70 bits per heavy atom. The molecular formula is C11H7FN4O2S2. The predicted molar refractivity (Wildman–Crippen MR) is 73.8 cm³/mol. The van der Waals surface area contributed by atoms with E-state index >= 15 is 0 Å². The van der Waals surface area contributed by atoms with Crippen LogP contribution in [0.4, 0.5) is 14.4 Å². The fraction of sp³-hybridized carbons (Fsp3) is 0.0909. The molecule has 0 saturated carbocycles. The third kappa shape index (κ3) is 2.98. The number of thiophene rings is 1. The van der Waals surface area contributed by atoms with Crippen LogP contribution in [0.25, 0.3) is 0 Å². The Labute approximate surface area is 118 Å². The number of azo groups is 1. The molecule has 6 nitrogen and oxygen atoms in total. The molecule has 0 saturated heterocycles. The Kier molecular flexibility index (Phi) is 4.07. The van der Waals surface area contributed by atoms with Crippen LogP contribution in [0.1, 0.15) is 12.0 Å². The fourth-order valence-electron chi connectivity index (χ4n) is 1.40. The maximum atomic E-state index is 13.6. The van der Waals surface area contributed by atoms with E-state index < -0.39 is 16.1 Å². The number of nitrogens with zero attached hydrogens (tertiary/aromatic N) is 3. The van der Waals surface area contributed by atoms with Crippen molar-refractivity contribution in [2.45, 2.75) is 6.42 Å². The predicted octanol–water partition coefficient (Wildman–Crippen LogP) is 2.48. The van der Waals surface area contributed by atoms with Gasteiger partial charge in [0.2, 0.25) is 10.3 Å². The van der Waals surface area contributed by atoms with Gasteiger partial charge in [-0.05, 0) is 18.2 Å². The summed E-state index contributed by atoms with van der Waals surface area (Å²) >= 11 is 1.06. The zero-order valence-corrected chi connectivity index (χ0v) is 11.5. The van der Waals surface area contributed by atoms with Gasteiger partial charge in [0, 0.05) is 6.42 Å². The van der Waals surface area contributed by atoms with E-state index in [1.165, 1.54) is 18.2 Å². The first-order chi connectivity index (χ1) is 9.51. The van der Waals surface area contributed by atoms with Crippen molar-refractivity contribution in [1.82, 2.24) is 0 Å². The Morgan fingerprint density at radius 2 is 2.15 bits per heavy atom. The summed E-state index contributed by atoms with van der Waals surface area (Å²) in [5.41, 5.74) is 5.80. The molecule has 0 spiro atoms. The Morgan fingerprint density at radius 1 is 1.40 bits per heavy atom. The number of hydrogen-bond acceptors (Lipinski definition) is 7. The van der Waals surface area contributed by atoms with Crippen molar-refractivity contribution in [3.63, 3.8) is 0 Å². The van der Waals surface area contributed by atoms with Crippen LogP contribution >= 0.6 is 11.3 Å². The average molecular weight is 310 g/mol. The third-order valence-electron chi connectivity index (χ3n) is 2.37. The van der Waals surface area contributed by atoms with Gasteiger partial charge in [-0.25, -0.2) is 4.39 Å². The summed E-state index contributed by atoms with van der Waals surface area (Å²) in [6.45, 7) is 0. The molecule has 0 bridgehead atoms. The van der Waals surface area contributed by atoms with E-state index in [1.807, 2.05) is 6.07 Å². The first-order valence-electron chi connectivity index (χ1n) is 5.24. The quantitative estimate of drug-likeness (QED) is 0.668. The van der Waals surface area contributed by atoms with Crippen molar-refractivity contribution in [3.05, 3.63) is 35.3 Å². The van der Waals surface area contributed by atoms with Crippen LogP contribution in [0, 0.1) is 11.3 Å². The molecule has 2 N–H and O–H groups in total. The van der Waals surface area contributed by atoms with Gasteiger partial charge in [0.1, 0.15) is 27.6 Å². The summed E-state index contributed by atoms with van der Waals surface area (Å²) in [4.78, 5) is -0.0476. The van der Waals surface area contributed by atoms with Crippen molar-refractivity contribution in [1.29, 1.82) is 5.26 Å². The number of allylic oxidation sites excluding steroid dienone is 3. The van der Waals surface area contributed by atoms with Crippen LogP contribution in [0.5, 0.6) is 0 Å². The molecule has 0 radical (unpaired) electrons. The molecule has 0 aliphatic heterocycles. The van der Waals surface area contributed by atoms with Crippen LogP contribution in [0.3, 0.4) is 0 Å². The molecule has 1 heterocycles. The van der Waals surface area contributed by atoms with Crippen molar-refractivity contribution >= 4 is 36.5 Å². The minimum absolute atomic E-state index is 0.0476. The van der Waals surface area contributed by atoms with Gasteiger partial charge in [0.15, 0.2) is 0 Å². The van der Waals surface area contributed by atoms with Gasteiger partial charge in [0.25, 0.3) is 0 Å². The minimum atomic E-state index is -2.45. The van der Waals surface area contributed by atoms with Gasteiger partial charge in [0.05, 0.1) is 10.4 Å². The van der Waals surface area contributed by atoms with Crippen LogP contribution in [0.2, 0.25) is 0 Å². The molecule has 102 valence electrons. The number of nitrogen functional groups attached to an aromatic ring is 1. The lowest BCUT2D eigenvalue weighted by molar-refractivity contribution is 0.608. The monoisotopic (exact) mass is 310 g/mol. The first-order valence-corrected chi connectivity index (χ1v) is 7.13. The van der Waals surface area contributed by atoms with Gasteiger partial charge in [-0.2, -0.15) is 13.7 Å². The highest BCUT2D eigenvalue weighted by Gasteiger charge is 2.13.